The van der Waals surface area contributed by atoms with E-state index in [4.69, 9.17) is 0 Å². The molecule has 0 radical (unpaired) electrons. The molecular formula is C29H35FN4O3. The first-order chi connectivity index (χ1) is 18.0. The van der Waals surface area contributed by atoms with Crippen LogP contribution in [0.4, 0.5) is 10.1 Å². The summed E-state index contributed by atoms with van der Waals surface area (Å²) in [5.74, 6) is -0.341. The molecule has 2 saturated heterocycles. The van der Waals surface area contributed by atoms with Crippen LogP contribution in [0.3, 0.4) is 0 Å². The Balaban J connectivity index is 1.28. The van der Waals surface area contributed by atoms with Gasteiger partial charge in [0.25, 0.3) is 11.8 Å². The van der Waals surface area contributed by atoms with Gasteiger partial charge in [-0.05, 0) is 61.9 Å². The topological polar surface area (TPSA) is 73.0 Å². The molecular weight excluding hydrogens is 471 g/mol. The molecule has 5 rings (SSSR count). The average Bonchev–Trinajstić information content (AvgIpc) is 3.19. The Labute approximate surface area is 217 Å². The first-order valence-electron chi connectivity index (χ1n) is 13.4. The summed E-state index contributed by atoms with van der Waals surface area (Å²) in [4.78, 5) is 45.1. The zero-order chi connectivity index (χ0) is 25.8. The van der Waals surface area contributed by atoms with Crippen LogP contribution < -0.4 is 10.2 Å². The van der Waals surface area contributed by atoms with Gasteiger partial charge in [0.15, 0.2) is 0 Å². The molecule has 37 heavy (non-hydrogen) atoms. The highest BCUT2D eigenvalue weighted by molar-refractivity contribution is 5.97. The average molecular weight is 507 g/mol. The zero-order valence-electron chi connectivity index (χ0n) is 21.2. The highest BCUT2D eigenvalue weighted by Gasteiger charge is 2.54. The first-order valence-corrected chi connectivity index (χ1v) is 13.4. The quantitative estimate of drug-likeness (QED) is 0.647. The number of hydrogen-bond acceptors (Lipinski definition) is 4. The van der Waals surface area contributed by atoms with Gasteiger partial charge in [-0.25, -0.2) is 4.39 Å². The molecule has 2 aromatic rings. The van der Waals surface area contributed by atoms with Crippen molar-refractivity contribution >= 4 is 23.4 Å². The van der Waals surface area contributed by atoms with Crippen molar-refractivity contribution in [2.75, 3.05) is 37.7 Å². The molecule has 0 unspecified atom stereocenters. The summed E-state index contributed by atoms with van der Waals surface area (Å²) < 4.78 is 13.7. The minimum Gasteiger partial charge on any atom is -0.354 e. The molecule has 196 valence electrons. The van der Waals surface area contributed by atoms with Crippen molar-refractivity contribution in [2.24, 2.45) is 5.92 Å². The number of nitrogens with zero attached hydrogens (tertiary/aromatic N) is 3. The Bertz CT molecular complexity index is 1130. The van der Waals surface area contributed by atoms with Crippen molar-refractivity contribution < 1.29 is 18.8 Å². The summed E-state index contributed by atoms with van der Waals surface area (Å²) in [6, 6.07) is 15.5. The third kappa shape index (κ3) is 5.33. The van der Waals surface area contributed by atoms with E-state index >= 15 is 0 Å². The third-order valence-corrected chi connectivity index (χ3v) is 8.18. The second-order valence-electron chi connectivity index (χ2n) is 10.6. The fourth-order valence-electron chi connectivity index (χ4n) is 6.08. The first kappa shape index (κ1) is 25.2. The fraction of sp³-hybridized carbons (Fsp3) is 0.483. The molecule has 0 atom stereocenters. The van der Waals surface area contributed by atoms with Crippen LogP contribution in [0.25, 0.3) is 0 Å². The Morgan fingerprint density at radius 2 is 1.70 bits per heavy atom. The molecule has 3 aliphatic rings. The molecule has 2 heterocycles. The summed E-state index contributed by atoms with van der Waals surface area (Å²) in [6.07, 6.45) is 6.91. The predicted octanol–water partition coefficient (Wildman–Crippen LogP) is 3.80. The highest BCUT2D eigenvalue weighted by atomic mass is 19.1. The van der Waals surface area contributed by atoms with Gasteiger partial charge in [-0.15, -0.1) is 0 Å². The number of carbonyl (C=O) groups is 3. The maximum Gasteiger partial charge on any atom is 0.253 e. The molecule has 2 aromatic carbocycles. The largest absolute Gasteiger partial charge is 0.354 e. The number of carbonyl (C=O) groups excluding carboxylic acids is 3. The van der Waals surface area contributed by atoms with E-state index in [9.17, 15) is 18.8 Å². The van der Waals surface area contributed by atoms with E-state index in [1.807, 2.05) is 30.3 Å². The lowest BCUT2D eigenvalue weighted by Gasteiger charge is -2.43. The van der Waals surface area contributed by atoms with Crippen molar-refractivity contribution in [1.29, 1.82) is 0 Å². The number of hydrogen-bond donors (Lipinski definition) is 1. The molecule has 1 N–H and O–H groups in total. The van der Waals surface area contributed by atoms with E-state index in [1.54, 1.807) is 15.9 Å². The predicted molar refractivity (Wildman–Crippen MR) is 139 cm³/mol. The molecule has 3 amide bonds. The molecule has 1 saturated carbocycles. The van der Waals surface area contributed by atoms with E-state index in [1.165, 1.54) is 37.5 Å². The van der Waals surface area contributed by atoms with Crippen LogP contribution in [0, 0.1) is 11.7 Å². The number of benzene rings is 2. The van der Waals surface area contributed by atoms with Crippen molar-refractivity contribution in [3.8, 4) is 0 Å². The summed E-state index contributed by atoms with van der Waals surface area (Å²) in [5, 5.41) is 3.06. The maximum atomic E-state index is 13.8. The number of likely N-dealkylation sites (tertiary alicyclic amines) is 1. The molecule has 7 nitrogen and oxygen atoms in total. The van der Waals surface area contributed by atoms with Gasteiger partial charge in [-0.1, -0.05) is 43.5 Å². The molecule has 1 aliphatic carbocycles. The lowest BCUT2D eigenvalue weighted by Crippen LogP contribution is -2.57. The monoisotopic (exact) mass is 506 g/mol. The number of piperidine rings is 1. The van der Waals surface area contributed by atoms with Gasteiger partial charge in [0.1, 0.15) is 17.9 Å². The van der Waals surface area contributed by atoms with E-state index in [0.717, 1.165) is 18.5 Å². The minimum absolute atomic E-state index is 0.0303. The van der Waals surface area contributed by atoms with Crippen LogP contribution in [0.1, 0.15) is 55.3 Å². The Hall–Kier alpha value is -3.42. The van der Waals surface area contributed by atoms with E-state index in [0.29, 0.717) is 50.6 Å². The molecule has 3 fully saturated rings. The lowest BCUT2D eigenvalue weighted by molar-refractivity contribution is -0.137. The normalized spacial score (nSPS) is 19.9. The Morgan fingerprint density at radius 1 is 0.973 bits per heavy atom. The van der Waals surface area contributed by atoms with Crippen molar-refractivity contribution in [3.63, 3.8) is 0 Å². The minimum atomic E-state index is -0.816. The summed E-state index contributed by atoms with van der Waals surface area (Å²) in [6.45, 7) is 1.80. The van der Waals surface area contributed by atoms with E-state index in [2.05, 4.69) is 10.2 Å². The van der Waals surface area contributed by atoms with Gasteiger partial charge in [-0.3, -0.25) is 14.4 Å². The standard InChI is InChI=1S/C29H35FN4O3/c30-24-11-7-10-23(18-24)27(36)32-16-14-29(15-17-32)28(37)33(21-34(29)25-12-5-2-6-13-25)20-26(35)31-19-22-8-3-1-4-9-22/h2,5-7,10-13,18,22H,1,3-4,8-9,14-17,19-21H2,(H,31,35). The van der Waals surface area contributed by atoms with Crippen molar-refractivity contribution in [1.82, 2.24) is 15.1 Å². The van der Waals surface area contributed by atoms with Crippen LogP contribution >= 0.6 is 0 Å². The molecule has 2 aliphatic heterocycles. The number of anilines is 1. The SMILES string of the molecule is O=C(CN1CN(c2ccccc2)C2(CCN(C(=O)c3cccc(F)c3)CC2)C1=O)NCC1CCCCC1. The molecule has 1 spiro atoms. The lowest BCUT2D eigenvalue weighted by atomic mass is 9.85. The zero-order valence-corrected chi connectivity index (χ0v) is 21.2. The molecule has 8 heteroatoms. The fourth-order valence-corrected chi connectivity index (χ4v) is 6.08. The van der Waals surface area contributed by atoms with Crippen LogP contribution in [-0.4, -0.2) is 65.9 Å². The number of amides is 3. The van der Waals surface area contributed by atoms with Crippen LogP contribution in [0.15, 0.2) is 54.6 Å². The van der Waals surface area contributed by atoms with E-state index < -0.39 is 11.4 Å². The summed E-state index contributed by atoms with van der Waals surface area (Å²) >= 11 is 0. The second kappa shape index (κ2) is 10.9. The summed E-state index contributed by atoms with van der Waals surface area (Å²) in [5.41, 5.74) is 0.416. The highest BCUT2D eigenvalue weighted by Crippen LogP contribution is 2.39. The van der Waals surface area contributed by atoms with Crippen molar-refractivity contribution in [2.45, 2.75) is 50.5 Å². The van der Waals surface area contributed by atoms with Gasteiger partial charge in [-0.2, -0.15) is 0 Å². The van der Waals surface area contributed by atoms with Crippen LogP contribution in [0.2, 0.25) is 0 Å². The van der Waals surface area contributed by atoms with Crippen LogP contribution in [-0.2, 0) is 9.59 Å². The molecule has 0 bridgehead atoms. The van der Waals surface area contributed by atoms with Crippen molar-refractivity contribution in [3.05, 3.63) is 66.0 Å². The Morgan fingerprint density at radius 3 is 2.41 bits per heavy atom. The number of nitrogens with one attached hydrogen (secondary N) is 1. The number of rotatable bonds is 6. The van der Waals surface area contributed by atoms with Gasteiger partial charge >= 0.3 is 0 Å². The summed E-state index contributed by atoms with van der Waals surface area (Å²) in [7, 11) is 0. The Kier molecular flexibility index (Phi) is 7.44. The number of para-hydroxylation sites is 1. The van der Waals surface area contributed by atoms with Gasteiger partial charge in [0.05, 0.1) is 6.67 Å². The van der Waals surface area contributed by atoms with Gasteiger partial charge < -0.3 is 20.0 Å². The third-order valence-electron chi connectivity index (χ3n) is 8.18. The van der Waals surface area contributed by atoms with E-state index in [-0.39, 0.29) is 24.3 Å². The maximum absolute atomic E-state index is 13.8. The van der Waals surface area contributed by atoms with Crippen LogP contribution in [0.5, 0.6) is 0 Å². The second-order valence-corrected chi connectivity index (χ2v) is 10.6. The van der Waals surface area contributed by atoms with Gasteiger partial charge in [0.2, 0.25) is 5.91 Å². The smallest absolute Gasteiger partial charge is 0.253 e. The molecule has 0 aromatic heterocycles. The van der Waals surface area contributed by atoms with Gasteiger partial charge in [0, 0.05) is 30.9 Å². The number of halogens is 1.